The lowest BCUT2D eigenvalue weighted by molar-refractivity contribution is 0.0946. The third-order valence-electron chi connectivity index (χ3n) is 3.75. The van der Waals surface area contributed by atoms with Crippen molar-refractivity contribution in [2.75, 3.05) is 6.26 Å². The molecule has 0 bridgehead atoms. The smallest absolute Gasteiger partial charge is 0.271 e. The molecule has 0 spiro atoms. The first-order valence-electron chi connectivity index (χ1n) is 7.23. The summed E-state index contributed by atoms with van der Waals surface area (Å²) in [5.74, 6) is 0.946. The van der Waals surface area contributed by atoms with Gasteiger partial charge >= 0.3 is 0 Å². The van der Waals surface area contributed by atoms with E-state index in [9.17, 15) is 4.79 Å². The third-order valence-corrected chi connectivity index (χ3v) is 4.50. The van der Waals surface area contributed by atoms with Gasteiger partial charge in [-0.3, -0.25) is 4.79 Å². The highest BCUT2D eigenvalue weighted by molar-refractivity contribution is 7.98. The largest absolute Gasteiger partial charge is 0.347 e. The Morgan fingerprint density at radius 1 is 1.33 bits per heavy atom. The van der Waals surface area contributed by atoms with Crippen LogP contribution in [0.4, 0.5) is 0 Å². The summed E-state index contributed by atoms with van der Waals surface area (Å²) in [5.41, 5.74) is 1.64. The van der Waals surface area contributed by atoms with E-state index in [0.717, 1.165) is 24.4 Å². The Morgan fingerprint density at radius 2 is 2.14 bits per heavy atom. The molecule has 0 aliphatic carbocycles. The van der Waals surface area contributed by atoms with Crippen LogP contribution in [-0.2, 0) is 19.5 Å². The summed E-state index contributed by atoms with van der Waals surface area (Å²) in [6, 6.07) is 8.23. The number of aromatic nitrogens is 2. The van der Waals surface area contributed by atoms with Crippen LogP contribution in [0, 0.1) is 0 Å². The van der Waals surface area contributed by atoms with Crippen LogP contribution < -0.4 is 5.32 Å². The normalized spacial score (nSPS) is 13.8. The van der Waals surface area contributed by atoms with Crippen LogP contribution in [0.25, 0.3) is 0 Å². The number of rotatable bonds is 4. The number of hydrogen-bond acceptors (Lipinski definition) is 3. The molecular weight excluding hydrogens is 282 g/mol. The van der Waals surface area contributed by atoms with E-state index in [0.29, 0.717) is 12.2 Å². The molecule has 1 amide bonds. The Hall–Kier alpha value is -1.75. The SMILES string of the molecule is CSc1ccc(CNC(=O)c2cn3c(n2)CCCC3)cc1. The summed E-state index contributed by atoms with van der Waals surface area (Å²) in [7, 11) is 0. The van der Waals surface area contributed by atoms with Crippen molar-refractivity contribution in [2.45, 2.75) is 37.2 Å². The highest BCUT2D eigenvalue weighted by Crippen LogP contribution is 2.16. The molecule has 0 saturated heterocycles. The number of fused-ring (bicyclic) bond motifs is 1. The maximum Gasteiger partial charge on any atom is 0.271 e. The van der Waals surface area contributed by atoms with E-state index in [1.54, 1.807) is 11.8 Å². The number of amides is 1. The van der Waals surface area contributed by atoms with Crippen molar-refractivity contribution in [3.63, 3.8) is 0 Å². The van der Waals surface area contributed by atoms with Crippen molar-refractivity contribution in [2.24, 2.45) is 0 Å². The predicted octanol–water partition coefficient (Wildman–Crippen LogP) is 2.87. The molecule has 1 aliphatic rings. The molecule has 110 valence electrons. The second kappa shape index (κ2) is 6.35. The van der Waals surface area contributed by atoms with E-state index in [2.05, 4.69) is 33.3 Å². The summed E-state index contributed by atoms with van der Waals surface area (Å²) >= 11 is 1.71. The van der Waals surface area contributed by atoms with Crippen molar-refractivity contribution in [3.05, 3.63) is 47.5 Å². The minimum Gasteiger partial charge on any atom is -0.347 e. The van der Waals surface area contributed by atoms with Crippen molar-refractivity contribution in [1.82, 2.24) is 14.9 Å². The van der Waals surface area contributed by atoms with Gasteiger partial charge in [0, 0.05) is 30.6 Å². The Bertz CT molecular complexity index is 610. The minimum absolute atomic E-state index is 0.0918. The van der Waals surface area contributed by atoms with Crippen molar-refractivity contribution >= 4 is 17.7 Å². The number of aryl methyl sites for hydroxylation is 2. The molecule has 0 atom stereocenters. The van der Waals surface area contributed by atoms with Crippen LogP contribution in [0.3, 0.4) is 0 Å². The van der Waals surface area contributed by atoms with Crippen LogP contribution in [0.1, 0.15) is 34.7 Å². The number of nitrogens with zero attached hydrogens (tertiary/aromatic N) is 2. The first kappa shape index (κ1) is 14.2. The number of thioether (sulfide) groups is 1. The average molecular weight is 301 g/mol. The average Bonchev–Trinajstić information content (AvgIpc) is 2.97. The third kappa shape index (κ3) is 3.29. The van der Waals surface area contributed by atoms with Gasteiger partial charge < -0.3 is 9.88 Å². The molecule has 5 heteroatoms. The number of hydrogen-bond donors (Lipinski definition) is 1. The predicted molar refractivity (Wildman–Crippen MR) is 84.6 cm³/mol. The molecular formula is C16H19N3OS. The lowest BCUT2D eigenvalue weighted by atomic mass is 10.2. The molecule has 0 fully saturated rings. The van der Waals surface area contributed by atoms with Crippen molar-refractivity contribution in [1.29, 1.82) is 0 Å². The molecule has 3 rings (SSSR count). The van der Waals surface area contributed by atoms with Gasteiger partial charge in [0.05, 0.1) is 0 Å². The van der Waals surface area contributed by atoms with Gasteiger partial charge in [0.25, 0.3) is 5.91 Å². The van der Waals surface area contributed by atoms with Crippen LogP contribution in [0.5, 0.6) is 0 Å². The molecule has 21 heavy (non-hydrogen) atoms. The van der Waals surface area contributed by atoms with Crippen LogP contribution in [-0.4, -0.2) is 21.7 Å². The van der Waals surface area contributed by atoms with E-state index >= 15 is 0 Å². The van der Waals surface area contributed by atoms with E-state index in [1.807, 2.05) is 18.3 Å². The summed E-state index contributed by atoms with van der Waals surface area (Å²) in [4.78, 5) is 17.8. The number of nitrogens with one attached hydrogen (secondary N) is 1. The molecule has 0 unspecified atom stereocenters. The molecule has 1 aromatic heterocycles. The molecule has 1 aliphatic heterocycles. The van der Waals surface area contributed by atoms with Gasteiger partial charge in [-0.15, -0.1) is 11.8 Å². The summed E-state index contributed by atoms with van der Waals surface area (Å²) in [6.45, 7) is 1.52. The number of carbonyl (C=O) groups is 1. The van der Waals surface area contributed by atoms with Gasteiger partial charge in [-0.2, -0.15) is 0 Å². The second-order valence-electron chi connectivity index (χ2n) is 5.22. The van der Waals surface area contributed by atoms with E-state index in [-0.39, 0.29) is 5.91 Å². The zero-order chi connectivity index (χ0) is 14.7. The van der Waals surface area contributed by atoms with Crippen LogP contribution in [0.2, 0.25) is 0 Å². The number of imidazole rings is 1. The fraction of sp³-hybridized carbons (Fsp3) is 0.375. The van der Waals surface area contributed by atoms with Gasteiger partial charge in [-0.1, -0.05) is 12.1 Å². The summed E-state index contributed by atoms with van der Waals surface area (Å²) in [6.07, 6.45) is 7.24. The monoisotopic (exact) mass is 301 g/mol. The second-order valence-corrected chi connectivity index (χ2v) is 6.10. The lowest BCUT2D eigenvalue weighted by Gasteiger charge is -2.11. The fourth-order valence-electron chi connectivity index (χ4n) is 2.54. The van der Waals surface area contributed by atoms with E-state index in [1.165, 1.54) is 17.7 Å². The molecule has 2 heterocycles. The van der Waals surface area contributed by atoms with Gasteiger partial charge in [-0.05, 0) is 36.8 Å². The molecule has 4 nitrogen and oxygen atoms in total. The molecule has 1 N–H and O–H groups in total. The van der Waals surface area contributed by atoms with E-state index in [4.69, 9.17) is 0 Å². The number of benzene rings is 1. The Balaban J connectivity index is 1.61. The first-order valence-corrected chi connectivity index (χ1v) is 8.46. The highest BCUT2D eigenvalue weighted by atomic mass is 32.2. The van der Waals surface area contributed by atoms with Crippen LogP contribution >= 0.6 is 11.8 Å². The van der Waals surface area contributed by atoms with Gasteiger partial charge in [0.1, 0.15) is 11.5 Å². The maximum absolute atomic E-state index is 12.2. The molecule has 2 aromatic rings. The topological polar surface area (TPSA) is 46.9 Å². The Kier molecular flexibility index (Phi) is 4.29. The zero-order valence-corrected chi connectivity index (χ0v) is 12.9. The first-order chi connectivity index (χ1) is 10.3. The summed E-state index contributed by atoms with van der Waals surface area (Å²) in [5, 5.41) is 2.94. The minimum atomic E-state index is -0.0918. The highest BCUT2D eigenvalue weighted by Gasteiger charge is 2.16. The quantitative estimate of drug-likeness (QED) is 0.883. The van der Waals surface area contributed by atoms with Gasteiger partial charge in [-0.25, -0.2) is 4.98 Å². The zero-order valence-electron chi connectivity index (χ0n) is 12.1. The number of carbonyl (C=O) groups excluding carboxylic acids is 1. The molecule has 1 aromatic carbocycles. The standard InChI is InChI=1S/C16H19N3OS/c1-21-13-7-5-12(6-8-13)10-17-16(20)14-11-19-9-3-2-4-15(19)18-14/h5-8,11H,2-4,9-10H2,1H3,(H,17,20). The Morgan fingerprint density at radius 3 is 2.86 bits per heavy atom. The Labute approximate surface area is 129 Å². The maximum atomic E-state index is 12.2. The van der Waals surface area contributed by atoms with Crippen molar-refractivity contribution < 1.29 is 4.79 Å². The van der Waals surface area contributed by atoms with E-state index < -0.39 is 0 Å². The fourth-order valence-corrected chi connectivity index (χ4v) is 2.95. The van der Waals surface area contributed by atoms with Crippen LogP contribution in [0.15, 0.2) is 35.4 Å². The van der Waals surface area contributed by atoms with Gasteiger partial charge in [0.15, 0.2) is 0 Å². The van der Waals surface area contributed by atoms with Gasteiger partial charge in [0.2, 0.25) is 0 Å². The molecule has 0 radical (unpaired) electrons. The summed E-state index contributed by atoms with van der Waals surface area (Å²) < 4.78 is 2.10. The molecule has 0 saturated carbocycles. The van der Waals surface area contributed by atoms with Crippen molar-refractivity contribution in [3.8, 4) is 0 Å². The lowest BCUT2D eigenvalue weighted by Crippen LogP contribution is -2.23.